The first-order valence-electron chi connectivity index (χ1n) is 7.41. The Morgan fingerprint density at radius 3 is 2.86 bits per heavy atom. The van der Waals surface area contributed by atoms with Gasteiger partial charge in [0.15, 0.2) is 6.61 Å². The number of halogens is 2. The normalized spacial score (nSPS) is 15.5. The van der Waals surface area contributed by atoms with E-state index in [9.17, 15) is 4.79 Å². The van der Waals surface area contributed by atoms with E-state index in [-0.39, 0.29) is 12.5 Å². The molecule has 1 fully saturated rings. The van der Waals surface area contributed by atoms with Gasteiger partial charge < -0.3 is 19.7 Å². The molecule has 0 spiro atoms. The first-order valence-corrected chi connectivity index (χ1v) is 8.16. The van der Waals surface area contributed by atoms with Crippen molar-refractivity contribution in [3.8, 4) is 5.75 Å². The van der Waals surface area contributed by atoms with Gasteiger partial charge in [-0.25, -0.2) is 0 Å². The minimum atomic E-state index is -0.159. The molecule has 1 amide bonds. The lowest BCUT2D eigenvalue weighted by Gasteiger charge is -2.23. The van der Waals surface area contributed by atoms with Crippen LogP contribution < -0.4 is 15.0 Å². The monoisotopic (exact) mass is 347 g/mol. The van der Waals surface area contributed by atoms with Gasteiger partial charge >= 0.3 is 0 Å². The molecule has 0 aliphatic carbocycles. The van der Waals surface area contributed by atoms with Crippen LogP contribution >= 0.6 is 23.2 Å². The molecule has 22 heavy (non-hydrogen) atoms. The Bertz CT molecular complexity index is 494. The van der Waals surface area contributed by atoms with E-state index in [1.54, 1.807) is 18.2 Å². The second-order valence-electron chi connectivity index (χ2n) is 5.18. The van der Waals surface area contributed by atoms with Crippen LogP contribution in [0, 0.1) is 0 Å². The van der Waals surface area contributed by atoms with Crippen LogP contribution in [0.4, 0.5) is 0 Å². The Hall–Kier alpha value is -1.01. The standard InChI is InChI=1S/C15H20Cl2N2O3/c16-12-2-3-13(17)14(10-12)22-11-15(20)18-4-1-5-19-6-8-21-9-7-19/h2-3,10H,1,4-9,11H2,(H,18,20)/p+1. The molecule has 1 aliphatic heterocycles. The van der Waals surface area contributed by atoms with E-state index < -0.39 is 0 Å². The molecule has 0 unspecified atom stereocenters. The number of carbonyl (C=O) groups is 1. The van der Waals surface area contributed by atoms with Crippen LogP contribution in [0.2, 0.25) is 10.0 Å². The van der Waals surface area contributed by atoms with Gasteiger partial charge in [-0.15, -0.1) is 0 Å². The van der Waals surface area contributed by atoms with Gasteiger partial charge in [-0.2, -0.15) is 0 Å². The molecular weight excluding hydrogens is 327 g/mol. The fraction of sp³-hybridized carbons (Fsp3) is 0.533. The van der Waals surface area contributed by atoms with Crippen LogP contribution in [0.15, 0.2) is 18.2 Å². The lowest BCUT2D eigenvalue weighted by atomic mass is 10.3. The van der Waals surface area contributed by atoms with Gasteiger partial charge in [0, 0.05) is 24.1 Å². The zero-order valence-corrected chi connectivity index (χ0v) is 13.9. The predicted octanol–water partition coefficient (Wildman–Crippen LogP) is 0.794. The van der Waals surface area contributed by atoms with E-state index in [1.807, 2.05) is 0 Å². The van der Waals surface area contributed by atoms with Crippen molar-refractivity contribution in [1.82, 2.24) is 5.32 Å². The van der Waals surface area contributed by atoms with E-state index in [0.29, 0.717) is 22.3 Å². The molecule has 1 heterocycles. The minimum Gasteiger partial charge on any atom is -0.482 e. The van der Waals surface area contributed by atoms with Crippen molar-refractivity contribution in [3.63, 3.8) is 0 Å². The van der Waals surface area contributed by atoms with Crippen LogP contribution in [0.1, 0.15) is 6.42 Å². The molecule has 1 aromatic carbocycles. The van der Waals surface area contributed by atoms with Gasteiger partial charge in [-0.3, -0.25) is 4.79 Å². The summed E-state index contributed by atoms with van der Waals surface area (Å²) in [4.78, 5) is 13.3. The van der Waals surface area contributed by atoms with Crippen molar-refractivity contribution in [2.45, 2.75) is 6.42 Å². The molecule has 0 aromatic heterocycles. The molecular formula is C15H21Cl2N2O3+. The highest BCUT2D eigenvalue weighted by Gasteiger charge is 2.13. The SMILES string of the molecule is O=C(COc1cc(Cl)ccc1Cl)NCCC[NH+]1CCOCC1. The number of morpholine rings is 1. The zero-order chi connectivity index (χ0) is 15.8. The third-order valence-corrected chi connectivity index (χ3v) is 4.03. The summed E-state index contributed by atoms with van der Waals surface area (Å²) in [6, 6.07) is 4.91. The molecule has 5 nitrogen and oxygen atoms in total. The average Bonchev–Trinajstić information content (AvgIpc) is 2.53. The molecule has 1 aliphatic rings. The molecule has 0 saturated carbocycles. The van der Waals surface area contributed by atoms with Gasteiger partial charge in [0.25, 0.3) is 5.91 Å². The summed E-state index contributed by atoms with van der Waals surface area (Å²) >= 11 is 11.8. The highest BCUT2D eigenvalue weighted by Crippen LogP contribution is 2.27. The number of hydrogen-bond donors (Lipinski definition) is 2. The summed E-state index contributed by atoms with van der Waals surface area (Å²) in [6.07, 6.45) is 0.943. The van der Waals surface area contributed by atoms with E-state index in [0.717, 1.165) is 39.3 Å². The minimum absolute atomic E-state index is 0.0650. The lowest BCUT2D eigenvalue weighted by molar-refractivity contribution is -0.908. The van der Waals surface area contributed by atoms with Crippen molar-refractivity contribution in [1.29, 1.82) is 0 Å². The molecule has 2 rings (SSSR count). The Labute approximate surface area is 140 Å². The van der Waals surface area contributed by atoms with Gasteiger partial charge in [-0.1, -0.05) is 23.2 Å². The quantitative estimate of drug-likeness (QED) is 0.717. The van der Waals surface area contributed by atoms with Crippen LogP contribution in [0.25, 0.3) is 0 Å². The number of benzene rings is 1. The van der Waals surface area contributed by atoms with Crippen molar-refractivity contribution >= 4 is 29.1 Å². The van der Waals surface area contributed by atoms with E-state index in [4.69, 9.17) is 32.7 Å². The molecule has 0 atom stereocenters. The van der Waals surface area contributed by atoms with Crippen molar-refractivity contribution in [2.75, 3.05) is 46.0 Å². The summed E-state index contributed by atoms with van der Waals surface area (Å²) in [5.74, 6) is 0.259. The second kappa shape index (κ2) is 9.20. The highest BCUT2D eigenvalue weighted by molar-refractivity contribution is 6.34. The third kappa shape index (κ3) is 6.01. The van der Waals surface area contributed by atoms with E-state index in [1.165, 1.54) is 4.90 Å². The number of quaternary nitrogens is 1. The second-order valence-corrected chi connectivity index (χ2v) is 6.02. The molecule has 122 valence electrons. The number of amides is 1. The van der Waals surface area contributed by atoms with Crippen molar-refractivity contribution < 1.29 is 19.2 Å². The fourth-order valence-corrected chi connectivity index (χ4v) is 2.59. The van der Waals surface area contributed by atoms with Crippen LogP contribution in [0.5, 0.6) is 5.75 Å². The zero-order valence-electron chi connectivity index (χ0n) is 12.4. The first kappa shape index (κ1) is 17.3. The number of rotatable bonds is 7. The smallest absolute Gasteiger partial charge is 0.257 e. The summed E-state index contributed by atoms with van der Waals surface area (Å²) in [6.45, 7) is 5.38. The average molecular weight is 348 g/mol. The number of nitrogens with one attached hydrogen (secondary N) is 2. The summed E-state index contributed by atoms with van der Waals surface area (Å²) in [7, 11) is 0. The Kier molecular flexibility index (Phi) is 7.25. The third-order valence-electron chi connectivity index (χ3n) is 3.48. The van der Waals surface area contributed by atoms with Gasteiger partial charge in [-0.05, 0) is 12.1 Å². The fourth-order valence-electron chi connectivity index (χ4n) is 2.26. The Balaban J connectivity index is 1.60. The molecule has 2 N–H and O–H groups in total. The van der Waals surface area contributed by atoms with E-state index >= 15 is 0 Å². The maximum Gasteiger partial charge on any atom is 0.257 e. The molecule has 0 radical (unpaired) electrons. The Morgan fingerprint density at radius 1 is 1.32 bits per heavy atom. The van der Waals surface area contributed by atoms with Crippen LogP contribution in [-0.2, 0) is 9.53 Å². The number of carbonyl (C=O) groups excluding carboxylic acids is 1. The van der Waals surface area contributed by atoms with Gasteiger partial charge in [0.1, 0.15) is 18.8 Å². The summed E-state index contributed by atoms with van der Waals surface area (Å²) in [5, 5.41) is 3.80. The largest absolute Gasteiger partial charge is 0.482 e. The van der Waals surface area contributed by atoms with Gasteiger partial charge in [0.2, 0.25) is 0 Å². The first-order chi connectivity index (χ1) is 10.6. The topological polar surface area (TPSA) is 52.0 Å². The van der Waals surface area contributed by atoms with Crippen LogP contribution in [-0.4, -0.2) is 51.9 Å². The van der Waals surface area contributed by atoms with Crippen LogP contribution in [0.3, 0.4) is 0 Å². The summed E-state index contributed by atoms with van der Waals surface area (Å²) in [5.41, 5.74) is 0. The van der Waals surface area contributed by atoms with E-state index in [2.05, 4.69) is 5.32 Å². The Morgan fingerprint density at radius 2 is 2.09 bits per heavy atom. The molecule has 0 bridgehead atoms. The summed E-state index contributed by atoms with van der Waals surface area (Å²) < 4.78 is 10.7. The predicted molar refractivity (Wildman–Crippen MR) is 86.0 cm³/mol. The number of hydrogen-bond acceptors (Lipinski definition) is 3. The van der Waals surface area contributed by atoms with Crippen molar-refractivity contribution in [3.05, 3.63) is 28.2 Å². The van der Waals surface area contributed by atoms with Gasteiger partial charge in [0.05, 0.1) is 24.8 Å². The molecule has 1 saturated heterocycles. The molecule has 7 heteroatoms. The number of ether oxygens (including phenoxy) is 2. The highest BCUT2D eigenvalue weighted by atomic mass is 35.5. The lowest BCUT2D eigenvalue weighted by Crippen LogP contribution is -3.14. The maximum absolute atomic E-state index is 11.7. The van der Waals surface area contributed by atoms with Crippen molar-refractivity contribution in [2.24, 2.45) is 0 Å². The molecule has 1 aromatic rings. The maximum atomic E-state index is 11.7.